The van der Waals surface area contributed by atoms with Crippen molar-refractivity contribution in [2.45, 2.75) is 39.2 Å². The zero-order chi connectivity index (χ0) is 24.9. The van der Waals surface area contributed by atoms with Crippen molar-refractivity contribution in [3.05, 3.63) is 63.5 Å². The number of nitrogens with one attached hydrogen (secondary N) is 1. The molecular formula is C27H29ClN4O3. The number of ether oxygens (including phenoxy) is 1. The molecule has 1 fully saturated rings. The molecule has 1 aliphatic rings. The van der Waals surface area contributed by atoms with E-state index in [2.05, 4.69) is 24.3 Å². The predicted molar refractivity (Wildman–Crippen MR) is 139 cm³/mol. The summed E-state index contributed by atoms with van der Waals surface area (Å²) in [6, 6.07) is 12.8. The van der Waals surface area contributed by atoms with Gasteiger partial charge in [-0.15, -0.1) is 0 Å². The minimum absolute atomic E-state index is 0.0638. The third-order valence-corrected chi connectivity index (χ3v) is 7.85. The molecule has 0 spiro atoms. The van der Waals surface area contributed by atoms with E-state index in [0.29, 0.717) is 39.2 Å². The van der Waals surface area contributed by atoms with E-state index in [1.54, 1.807) is 18.2 Å². The molecule has 0 aliphatic heterocycles. The number of hydrogen-bond donors (Lipinski definition) is 1. The molecule has 1 amide bonds. The maximum Gasteiger partial charge on any atom is 0.296 e. The van der Waals surface area contributed by atoms with Crippen molar-refractivity contribution in [3.8, 4) is 11.4 Å². The fourth-order valence-corrected chi connectivity index (χ4v) is 5.57. The first-order valence-corrected chi connectivity index (χ1v) is 12.3. The fourth-order valence-electron chi connectivity index (χ4n) is 5.32. The van der Waals surface area contributed by atoms with Crippen LogP contribution in [0.2, 0.25) is 5.02 Å². The van der Waals surface area contributed by atoms with Gasteiger partial charge in [0, 0.05) is 29.4 Å². The van der Waals surface area contributed by atoms with Crippen LogP contribution in [0, 0.1) is 11.8 Å². The predicted octanol–water partition coefficient (Wildman–Crippen LogP) is 5.09. The standard InChI is InChI=1S/C27H29ClN4O3/c1-15-8-7-10-20(16(15)2)29-26(33)24-23-18-9-5-6-11-21(18)31(3)25(23)27(34)32(30-24)17-12-13-22(35-4)19(28)14-17/h5-6,9,11-16,20H,7-8,10H2,1-4H3,(H,29,33)/t15-,16+,20+/m0/s1. The summed E-state index contributed by atoms with van der Waals surface area (Å²) in [5, 5.41) is 9.60. The van der Waals surface area contributed by atoms with E-state index < -0.39 is 0 Å². The number of amides is 1. The summed E-state index contributed by atoms with van der Waals surface area (Å²) in [7, 11) is 3.37. The Hall–Kier alpha value is -3.32. The molecule has 2 aromatic heterocycles. The summed E-state index contributed by atoms with van der Waals surface area (Å²) >= 11 is 6.35. The number of carbonyl (C=O) groups is 1. The lowest BCUT2D eigenvalue weighted by molar-refractivity contribution is 0.0886. The zero-order valence-electron chi connectivity index (χ0n) is 20.3. The van der Waals surface area contributed by atoms with Crippen LogP contribution in [0.1, 0.15) is 43.6 Å². The van der Waals surface area contributed by atoms with Crippen molar-refractivity contribution in [1.29, 1.82) is 0 Å². The maximum absolute atomic E-state index is 13.7. The van der Waals surface area contributed by atoms with E-state index >= 15 is 0 Å². The van der Waals surface area contributed by atoms with Gasteiger partial charge >= 0.3 is 0 Å². The number of aromatic nitrogens is 3. The molecule has 2 aromatic carbocycles. The smallest absolute Gasteiger partial charge is 0.296 e. The average molecular weight is 493 g/mol. The summed E-state index contributed by atoms with van der Waals surface area (Å²) in [5.74, 6) is 1.12. The molecule has 1 saturated carbocycles. The number of halogens is 1. The Labute approximate surface area is 208 Å². The molecule has 1 aliphatic carbocycles. The summed E-state index contributed by atoms with van der Waals surface area (Å²) in [6.45, 7) is 4.42. The van der Waals surface area contributed by atoms with Gasteiger partial charge in [-0.2, -0.15) is 9.78 Å². The lowest BCUT2D eigenvalue weighted by Gasteiger charge is -2.34. The molecule has 0 unspecified atom stereocenters. The first-order valence-electron chi connectivity index (χ1n) is 12.0. The molecule has 8 heteroatoms. The van der Waals surface area contributed by atoms with Crippen molar-refractivity contribution in [2.75, 3.05) is 7.11 Å². The Morgan fingerprint density at radius 2 is 1.94 bits per heavy atom. The van der Waals surface area contributed by atoms with Gasteiger partial charge in [-0.1, -0.05) is 56.5 Å². The number of carbonyl (C=O) groups excluding carboxylic acids is 1. The maximum atomic E-state index is 13.7. The highest BCUT2D eigenvalue weighted by molar-refractivity contribution is 6.32. The number of aryl methyl sites for hydroxylation is 1. The Kier molecular flexibility index (Phi) is 6.05. The summed E-state index contributed by atoms with van der Waals surface area (Å²) < 4.78 is 8.34. The van der Waals surface area contributed by atoms with Crippen LogP contribution >= 0.6 is 11.6 Å². The number of rotatable bonds is 4. The molecule has 182 valence electrons. The first kappa shape index (κ1) is 23.4. The van der Waals surface area contributed by atoms with Crippen LogP contribution in [0.25, 0.3) is 27.5 Å². The second-order valence-corrected chi connectivity index (χ2v) is 9.94. The number of hydrogen-bond acceptors (Lipinski definition) is 4. The van der Waals surface area contributed by atoms with Crippen LogP contribution in [0.5, 0.6) is 5.75 Å². The van der Waals surface area contributed by atoms with Crippen LogP contribution in [-0.4, -0.2) is 33.4 Å². The Balaban J connectivity index is 1.73. The van der Waals surface area contributed by atoms with Gasteiger partial charge < -0.3 is 14.6 Å². The van der Waals surface area contributed by atoms with Crippen molar-refractivity contribution in [1.82, 2.24) is 19.7 Å². The molecule has 0 bridgehead atoms. The highest BCUT2D eigenvalue weighted by atomic mass is 35.5. The molecule has 0 saturated heterocycles. The molecule has 1 N–H and O–H groups in total. The van der Waals surface area contributed by atoms with E-state index in [4.69, 9.17) is 16.3 Å². The highest BCUT2D eigenvalue weighted by Gasteiger charge is 2.30. The topological polar surface area (TPSA) is 78.2 Å². The molecular weight excluding hydrogens is 464 g/mol. The minimum Gasteiger partial charge on any atom is -0.495 e. The lowest BCUT2D eigenvalue weighted by Crippen LogP contribution is -2.44. The van der Waals surface area contributed by atoms with E-state index in [9.17, 15) is 9.59 Å². The Morgan fingerprint density at radius 1 is 1.17 bits per heavy atom. The third-order valence-electron chi connectivity index (χ3n) is 7.56. The molecule has 7 nitrogen and oxygen atoms in total. The monoisotopic (exact) mass is 492 g/mol. The largest absolute Gasteiger partial charge is 0.495 e. The lowest BCUT2D eigenvalue weighted by atomic mass is 9.78. The Bertz CT molecular complexity index is 1510. The fraction of sp³-hybridized carbons (Fsp3) is 0.370. The molecule has 5 rings (SSSR count). The van der Waals surface area contributed by atoms with Gasteiger partial charge in [0.1, 0.15) is 11.3 Å². The highest BCUT2D eigenvalue weighted by Crippen LogP contribution is 2.32. The SMILES string of the molecule is COc1ccc(-n2nc(C(=O)N[C@@H]3CCC[C@H](C)[C@H]3C)c3c4ccccc4n(C)c3c2=O)cc1Cl. The minimum atomic E-state index is -0.323. The second kappa shape index (κ2) is 9.04. The van der Waals surface area contributed by atoms with Gasteiger partial charge in [0.05, 0.1) is 17.8 Å². The number of fused-ring (bicyclic) bond motifs is 3. The average Bonchev–Trinajstić information content (AvgIpc) is 3.15. The Morgan fingerprint density at radius 3 is 2.69 bits per heavy atom. The van der Waals surface area contributed by atoms with Gasteiger partial charge in [-0.05, 0) is 42.5 Å². The second-order valence-electron chi connectivity index (χ2n) is 9.53. The van der Waals surface area contributed by atoms with Crippen LogP contribution in [0.3, 0.4) is 0 Å². The number of methoxy groups -OCH3 is 1. The van der Waals surface area contributed by atoms with Gasteiger partial charge in [0.2, 0.25) is 0 Å². The number of benzene rings is 2. The number of nitrogens with zero attached hydrogens (tertiary/aromatic N) is 3. The first-order chi connectivity index (χ1) is 16.8. The van der Waals surface area contributed by atoms with Crippen molar-refractivity contribution in [3.63, 3.8) is 0 Å². The molecule has 4 aromatic rings. The number of para-hydroxylation sites is 1. The molecule has 0 radical (unpaired) electrons. The van der Waals surface area contributed by atoms with Crippen LogP contribution in [0.15, 0.2) is 47.3 Å². The summed E-state index contributed by atoms with van der Waals surface area (Å²) in [4.78, 5) is 27.5. The van der Waals surface area contributed by atoms with E-state index in [1.165, 1.54) is 18.2 Å². The quantitative estimate of drug-likeness (QED) is 0.430. The molecule has 3 atom stereocenters. The van der Waals surface area contributed by atoms with Gasteiger partial charge in [-0.25, -0.2) is 0 Å². The van der Waals surface area contributed by atoms with Crippen molar-refractivity contribution < 1.29 is 9.53 Å². The third kappa shape index (κ3) is 3.88. The van der Waals surface area contributed by atoms with Gasteiger partial charge in [0.15, 0.2) is 5.69 Å². The molecule has 35 heavy (non-hydrogen) atoms. The van der Waals surface area contributed by atoms with E-state index in [-0.39, 0.29) is 23.2 Å². The van der Waals surface area contributed by atoms with Gasteiger partial charge in [0.25, 0.3) is 11.5 Å². The molecule has 2 heterocycles. The normalized spacial score (nSPS) is 20.3. The van der Waals surface area contributed by atoms with Crippen LogP contribution in [-0.2, 0) is 7.05 Å². The van der Waals surface area contributed by atoms with Crippen LogP contribution in [0.4, 0.5) is 0 Å². The van der Waals surface area contributed by atoms with Gasteiger partial charge in [-0.3, -0.25) is 9.59 Å². The van der Waals surface area contributed by atoms with E-state index in [1.807, 2.05) is 35.9 Å². The summed E-state index contributed by atoms with van der Waals surface area (Å²) in [5.41, 5.74) is 1.65. The summed E-state index contributed by atoms with van der Waals surface area (Å²) in [6.07, 6.45) is 3.18. The van der Waals surface area contributed by atoms with Crippen molar-refractivity contribution >= 4 is 39.3 Å². The van der Waals surface area contributed by atoms with E-state index in [0.717, 1.165) is 23.7 Å². The van der Waals surface area contributed by atoms with Crippen molar-refractivity contribution in [2.24, 2.45) is 18.9 Å². The zero-order valence-corrected chi connectivity index (χ0v) is 21.1. The van der Waals surface area contributed by atoms with Crippen LogP contribution < -0.4 is 15.6 Å².